The highest BCUT2D eigenvalue weighted by molar-refractivity contribution is 7.73. The van der Waals surface area contributed by atoms with Crippen LogP contribution >= 0.6 is 23.6 Å². The number of aromatic amines is 1. The highest BCUT2D eigenvalue weighted by Crippen LogP contribution is 2.40. The molecule has 76 valence electrons. The van der Waals surface area contributed by atoms with Crippen LogP contribution in [0.3, 0.4) is 0 Å². The number of aromatic nitrogens is 1. The summed E-state index contributed by atoms with van der Waals surface area (Å²) in [5.74, 6) is 0.607. The Bertz CT molecular complexity index is 565. The van der Waals surface area contributed by atoms with Gasteiger partial charge in [0.2, 0.25) is 0 Å². The summed E-state index contributed by atoms with van der Waals surface area (Å²) in [6.45, 7) is 2.28. The van der Waals surface area contributed by atoms with E-state index in [2.05, 4.69) is 36.2 Å². The summed E-state index contributed by atoms with van der Waals surface area (Å²) in [7, 11) is 0. The highest BCUT2D eigenvalue weighted by Gasteiger charge is 2.22. The first-order valence-corrected chi connectivity index (χ1v) is 6.29. The Balaban J connectivity index is 2.33. The minimum absolute atomic E-state index is 0.607. The maximum Gasteiger partial charge on any atom is 0.159 e. The van der Waals surface area contributed by atoms with Gasteiger partial charge in [-0.3, -0.25) is 0 Å². The lowest BCUT2D eigenvalue weighted by Crippen LogP contribution is -2.06. The van der Waals surface area contributed by atoms with Crippen LogP contribution in [0.15, 0.2) is 24.3 Å². The van der Waals surface area contributed by atoms with Gasteiger partial charge in [0.15, 0.2) is 3.95 Å². The summed E-state index contributed by atoms with van der Waals surface area (Å²) in [6.07, 6.45) is 1.12. The van der Waals surface area contributed by atoms with E-state index in [9.17, 15) is 0 Å². The lowest BCUT2D eigenvalue weighted by atomic mass is 9.86. The highest BCUT2D eigenvalue weighted by atomic mass is 32.1. The Hall–Kier alpha value is -0.930. The third-order valence-electron chi connectivity index (χ3n) is 2.97. The molecule has 1 nitrogen and oxygen atoms in total. The zero-order valence-corrected chi connectivity index (χ0v) is 10.0. The minimum Gasteiger partial charge on any atom is -0.337 e. The fourth-order valence-corrected chi connectivity index (χ4v) is 3.64. The van der Waals surface area contributed by atoms with Crippen LogP contribution in [0.5, 0.6) is 0 Å². The average molecular weight is 233 g/mol. The number of hydrogen-bond acceptors (Lipinski definition) is 2. The molecule has 2 aromatic rings. The molecule has 1 aromatic carbocycles. The molecule has 1 unspecified atom stereocenters. The maximum atomic E-state index is 5.21. The van der Waals surface area contributed by atoms with Gasteiger partial charge in [0.25, 0.3) is 0 Å². The van der Waals surface area contributed by atoms with Crippen LogP contribution in [0.4, 0.5) is 0 Å². The number of thiazole rings is 1. The SMILES string of the molecule is CC1Cc2sc(=S)[nH]c2-c2ccccc21. The van der Waals surface area contributed by atoms with Crippen LogP contribution in [0.1, 0.15) is 23.3 Å². The van der Waals surface area contributed by atoms with Crippen molar-refractivity contribution in [3.05, 3.63) is 38.7 Å². The van der Waals surface area contributed by atoms with Gasteiger partial charge in [-0.05, 0) is 30.1 Å². The van der Waals surface area contributed by atoms with Crippen LogP contribution in [0.25, 0.3) is 11.3 Å². The van der Waals surface area contributed by atoms with E-state index in [1.807, 2.05) is 0 Å². The number of rotatable bonds is 0. The normalized spacial score (nSPS) is 18.3. The van der Waals surface area contributed by atoms with Gasteiger partial charge in [-0.1, -0.05) is 31.2 Å². The second-order valence-corrected chi connectivity index (χ2v) is 5.78. The fraction of sp³-hybridized carbons (Fsp3) is 0.250. The van der Waals surface area contributed by atoms with Gasteiger partial charge in [-0.2, -0.15) is 0 Å². The smallest absolute Gasteiger partial charge is 0.159 e. The molecule has 0 bridgehead atoms. The van der Waals surface area contributed by atoms with E-state index in [0.29, 0.717) is 5.92 Å². The molecular weight excluding hydrogens is 222 g/mol. The van der Waals surface area contributed by atoms with E-state index in [1.165, 1.54) is 21.7 Å². The summed E-state index contributed by atoms with van der Waals surface area (Å²) < 4.78 is 0.893. The van der Waals surface area contributed by atoms with Crippen molar-refractivity contribution in [2.75, 3.05) is 0 Å². The van der Waals surface area contributed by atoms with Gasteiger partial charge in [-0.25, -0.2) is 0 Å². The molecule has 0 saturated heterocycles. The topological polar surface area (TPSA) is 15.8 Å². The Morgan fingerprint density at radius 2 is 2.20 bits per heavy atom. The third-order valence-corrected chi connectivity index (χ3v) is 4.23. The summed E-state index contributed by atoms with van der Waals surface area (Å²) in [5.41, 5.74) is 4.02. The average Bonchev–Trinajstić information content (AvgIpc) is 2.59. The number of hydrogen-bond donors (Lipinski definition) is 1. The number of H-pyrrole nitrogens is 1. The quantitative estimate of drug-likeness (QED) is 0.676. The number of fused-ring (bicyclic) bond motifs is 3. The van der Waals surface area contributed by atoms with Crippen LogP contribution < -0.4 is 0 Å². The first-order valence-electron chi connectivity index (χ1n) is 5.07. The van der Waals surface area contributed by atoms with Gasteiger partial charge in [-0.15, -0.1) is 11.3 Å². The van der Waals surface area contributed by atoms with Gasteiger partial charge in [0.05, 0.1) is 5.69 Å². The predicted molar refractivity (Wildman–Crippen MR) is 67.1 cm³/mol. The Morgan fingerprint density at radius 1 is 1.40 bits per heavy atom. The molecule has 1 aliphatic carbocycles. The van der Waals surface area contributed by atoms with Crippen molar-refractivity contribution in [1.82, 2.24) is 4.98 Å². The minimum atomic E-state index is 0.607. The van der Waals surface area contributed by atoms with Crippen molar-refractivity contribution in [3.8, 4) is 11.3 Å². The van der Waals surface area contributed by atoms with Crippen LogP contribution in [-0.2, 0) is 6.42 Å². The van der Waals surface area contributed by atoms with E-state index >= 15 is 0 Å². The molecule has 0 spiro atoms. The van der Waals surface area contributed by atoms with E-state index in [-0.39, 0.29) is 0 Å². The molecule has 1 N–H and O–H groups in total. The van der Waals surface area contributed by atoms with Crippen molar-refractivity contribution in [2.24, 2.45) is 0 Å². The lowest BCUT2D eigenvalue weighted by molar-refractivity contribution is 0.757. The number of benzene rings is 1. The molecular formula is C12H11NS2. The molecule has 15 heavy (non-hydrogen) atoms. The van der Waals surface area contributed by atoms with E-state index < -0.39 is 0 Å². The summed E-state index contributed by atoms with van der Waals surface area (Å²) >= 11 is 6.93. The first kappa shape index (κ1) is 9.31. The summed E-state index contributed by atoms with van der Waals surface area (Å²) in [6, 6.07) is 8.61. The number of nitrogens with one attached hydrogen (secondary N) is 1. The fourth-order valence-electron chi connectivity index (χ4n) is 2.26. The first-order chi connectivity index (χ1) is 7.25. The summed E-state index contributed by atoms with van der Waals surface area (Å²) in [4.78, 5) is 4.72. The molecule has 0 radical (unpaired) electrons. The lowest BCUT2D eigenvalue weighted by Gasteiger charge is -2.21. The molecule has 0 fully saturated rings. The molecule has 3 heteroatoms. The van der Waals surface area contributed by atoms with Crippen LogP contribution in [0.2, 0.25) is 0 Å². The van der Waals surface area contributed by atoms with Crippen molar-refractivity contribution < 1.29 is 0 Å². The van der Waals surface area contributed by atoms with Crippen molar-refractivity contribution >= 4 is 23.6 Å². The van der Waals surface area contributed by atoms with Gasteiger partial charge in [0.1, 0.15) is 0 Å². The second kappa shape index (κ2) is 3.29. The van der Waals surface area contributed by atoms with Crippen LogP contribution in [0, 0.1) is 3.95 Å². The van der Waals surface area contributed by atoms with E-state index in [0.717, 1.165) is 10.4 Å². The van der Waals surface area contributed by atoms with E-state index in [4.69, 9.17) is 12.2 Å². The Labute approximate surface area is 97.8 Å². The molecule has 0 saturated carbocycles. The Kier molecular flexibility index (Phi) is 2.04. The molecule has 1 heterocycles. The molecule has 1 aliphatic rings. The largest absolute Gasteiger partial charge is 0.337 e. The van der Waals surface area contributed by atoms with Gasteiger partial charge in [0, 0.05) is 10.4 Å². The molecule has 1 atom stereocenters. The maximum absolute atomic E-state index is 5.21. The molecule has 3 rings (SSSR count). The third kappa shape index (κ3) is 1.38. The van der Waals surface area contributed by atoms with Gasteiger partial charge < -0.3 is 4.98 Å². The molecule has 0 aliphatic heterocycles. The van der Waals surface area contributed by atoms with Crippen molar-refractivity contribution in [2.45, 2.75) is 19.3 Å². The van der Waals surface area contributed by atoms with E-state index in [1.54, 1.807) is 11.3 Å². The van der Waals surface area contributed by atoms with Crippen molar-refractivity contribution in [1.29, 1.82) is 0 Å². The zero-order valence-electron chi connectivity index (χ0n) is 8.41. The van der Waals surface area contributed by atoms with Crippen LogP contribution in [-0.4, -0.2) is 4.98 Å². The Morgan fingerprint density at radius 3 is 3.07 bits per heavy atom. The van der Waals surface area contributed by atoms with Gasteiger partial charge >= 0.3 is 0 Å². The zero-order chi connectivity index (χ0) is 10.4. The monoisotopic (exact) mass is 233 g/mol. The van der Waals surface area contributed by atoms with Crippen molar-refractivity contribution in [3.63, 3.8) is 0 Å². The molecule has 1 aromatic heterocycles. The standard InChI is InChI=1S/C12H11NS2/c1-7-6-10-11(13-12(14)15-10)9-5-3-2-4-8(7)9/h2-5,7H,6H2,1H3,(H,13,14). The predicted octanol–water partition coefficient (Wildman–Crippen LogP) is 4.13. The molecule has 0 amide bonds. The second-order valence-electron chi connectivity index (χ2n) is 4.01. The summed E-state index contributed by atoms with van der Waals surface area (Å²) in [5, 5.41) is 0.